The van der Waals surface area contributed by atoms with Gasteiger partial charge in [-0.3, -0.25) is 39.1 Å². The summed E-state index contributed by atoms with van der Waals surface area (Å²) < 4.78 is 0. The van der Waals surface area contributed by atoms with Crippen LogP contribution < -0.4 is 43.8 Å². The third-order valence-corrected chi connectivity index (χ3v) is 6.64. The Balaban J connectivity index is 0.000000191. The van der Waals surface area contributed by atoms with Crippen LogP contribution in [0.5, 0.6) is 0 Å². The molecule has 3 aromatic carbocycles. The normalized spacial score (nSPS) is 10.2. The standard InChI is InChI=1S/C18H16N4O3.C16H13N5O3/c1-11-7-9-13(10-8-11)20-16(23)14-15(21-18(25)22-17(14)24)19-12-5-3-2-4-6-12;22-14(19-11-8-4-5-9-17-11)12-13(20-16(24)21-15(12)23)18-10-6-2-1-3-7-10/h2-10H,1H3,(H,20,23)(H3,19,21,22,24,25);1-9H,(H,17,19,22)(H3,18,20,21,23,24). The maximum Gasteiger partial charge on any atom is 0.327 e. The Morgan fingerprint density at radius 1 is 0.531 bits per heavy atom. The van der Waals surface area contributed by atoms with Gasteiger partial charge in [0.25, 0.3) is 22.9 Å². The number of nitrogens with zero attached hydrogens (tertiary/aromatic N) is 1. The molecule has 246 valence electrons. The van der Waals surface area contributed by atoms with E-state index in [1.54, 1.807) is 78.9 Å². The lowest BCUT2D eigenvalue weighted by Crippen LogP contribution is -2.32. The zero-order valence-electron chi connectivity index (χ0n) is 25.8. The van der Waals surface area contributed by atoms with Gasteiger partial charge in [0.05, 0.1) is 0 Å². The number of rotatable bonds is 8. The molecule has 6 rings (SSSR count). The summed E-state index contributed by atoms with van der Waals surface area (Å²) in [5.74, 6) is -0.990. The first-order valence-electron chi connectivity index (χ1n) is 14.6. The van der Waals surface area contributed by atoms with Gasteiger partial charge in [0.1, 0.15) is 28.6 Å². The first-order valence-corrected chi connectivity index (χ1v) is 14.6. The van der Waals surface area contributed by atoms with E-state index in [2.05, 4.69) is 41.2 Å². The van der Waals surface area contributed by atoms with Crippen LogP contribution in [0.4, 0.5) is 34.5 Å². The minimum Gasteiger partial charge on any atom is -0.341 e. The van der Waals surface area contributed by atoms with Crippen LogP contribution in [-0.2, 0) is 0 Å². The van der Waals surface area contributed by atoms with Gasteiger partial charge >= 0.3 is 11.4 Å². The van der Waals surface area contributed by atoms with Crippen molar-refractivity contribution in [3.8, 4) is 0 Å². The molecule has 0 fully saturated rings. The molecule has 0 aliphatic carbocycles. The molecule has 2 amide bonds. The lowest BCUT2D eigenvalue weighted by Gasteiger charge is -2.11. The SMILES string of the molecule is Cc1ccc(NC(=O)c2c(Nc3ccccc3)[nH]c(=O)[nH]c2=O)cc1.O=C(Nc1ccccn1)c1c(Nc2ccccc2)[nH]c(=O)[nH]c1=O. The minimum absolute atomic E-state index is 0.00313. The Morgan fingerprint density at radius 2 is 1.00 bits per heavy atom. The van der Waals surface area contributed by atoms with Gasteiger partial charge < -0.3 is 21.3 Å². The van der Waals surface area contributed by atoms with Crippen LogP contribution in [-0.4, -0.2) is 36.7 Å². The van der Waals surface area contributed by atoms with Crippen LogP contribution in [0.1, 0.15) is 26.3 Å². The molecule has 8 N–H and O–H groups in total. The van der Waals surface area contributed by atoms with Crippen molar-refractivity contribution in [1.29, 1.82) is 0 Å². The maximum absolute atomic E-state index is 12.5. The van der Waals surface area contributed by atoms with Crippen LogP contribution in [0.2, 0.25) is 0 Å². The molecule has 0 saturated carbocycles. The quantitative estimate of drug-likeness (QED) is 0.119. The molecule has 0 spiro atoms. The van der Waals surface area contributed by atoms with Gasteiger partial charge in [0.2, 0.25) is 0 Å². The van der Waals surface area contributed by atoms with Crippen molar-refractivity contribution in [2.75, 3.05) is 21.3 Å². The van der Waals surface area contributed by atoms with Gasteiger partial charge in [0, 0.05) is 23.3 Å². The van der Waals surface area contributed by atoms with Gasteiger partial charge in [-0.25, -0.2) is 14.6 Å². The molecule has 6 aromatic rings. The fourth-order valence-electron chi connectivity index (χ4n) is 4.37. The number of hydrogen-bond donors (Lipinski definition) is 8. The highest BCUT2D eigenvalue weighted by Crippen LogP contribution is 2.18. The summed E-state index contributed by atoms with van der Waals surface area (Å²) in [6.45, 7) is 1.93. The number of amides is 2. The molecule has 3 aromatic heterocycles. The second-order valence-corrected chi connectivity index (χ2v) is 10.3. The third-order valence-electron chi connectivity index (χ3n) is 6.64. The zero-order valence-corrected chi connectivity index (χ0v) is 25.8. The molecule has 15 heteroatoms. The van der Waals surface area contributed by atoms with E-state index in [1.165, 1.54) is 6.20 Å². The molecule has 0 aliphatic heterocycles. The van der Waals surface area contributed by atoms with Crippen LogP contribution in [0.3, 0.4) is 0 Å². The van der Waals surface area contributed by atoms with Gasteiger partial charge in [0.15, 0.2) is 0 Å². The summed E-state index contributed by atoms with van der Waals surface area (Å²) in [4.78, 5) is 85.3. The van der Waals surface area contributed by atoms with Crippen LogP contribution in [0, 0.1) is 6.92 Å². The Labute approximate surface area is 276 Å². The zero-order chi connectivity index (χ0) is 34.8. The monoisotopic (exact) mass is 659 g/mol. The predicted octanol–water partition coefficient (Wildman–Crippen LogP) is 3.82. The lowest BCUT2D eigenvalue weighted by molar-refractivity contribution is 0.101. The summed E-state index contributed by atoms with van der Waals surface area (Å²) in [5.41, 5.74) is -0.592. The Bertz CT molecular complexity index is 2300. The number of aromatic amines is 4. The van der Waals surface area contributed by atoms with Crippen LogP contribution in [0.15, 0.2) is 129 Å². The van der Waals surface area contributed by atoms with Crippen molar-refractivity contribution in [2.45, 2.75) is 6.92 Å². The van der Waals surface area contributed by atoms with Crippen molar-refractivity contribution in [3.63, 3.8) is 0 Å². The number of nitrogens with one attached hydrogen (secondary N) is 8. The number of benzene rings is 3. The molecule has 0 bridgehead atoms. The minimum atomic E-state index is -0.800. The number of anilines is 6. The summed E-state index contributed by atoms with van der Waals surface area (Å²) >= 11 is 0. The molecule has 3 heterocycles. The number of aromatic nitrogens is 5. The molecule has 49 heavy (non-hydrogen) atoms. The molecule has 0 aliphatic rings. The number of pyridine rings is 1. The predicted molar refractivity (Wildman–Crippen MR) is 186 cm³/mol. The molecule has 15 nitrogen and oxygen atoms in total. The van der Waals surface area contributed by atoms with Gasteiger partial charge in [-0.1, -0.05) is 60.2 Å². The second kappa shape index (κ2) is 15.3. The van der Waals surface area contributed by atoms with Gasteiger partial charge in [-0.05, 0) is 55.5 Å². The number of aryl methyl sites for hydroxylation is 1. The molecule has 0 radical (unpaired) electrons. The Hall–Kier alpha value is -7.29. The first-order chi connectivity index (χ1) is 23.7. The van der Waals surface area contributed by atoms with E-state index < -0.39 is 34.3 Å². The van der Waals surface area contributed by atoms with E-state index in [-0.39, 0.29) is 22.8 Å². The number of carbonyl (C=O) groups is 2. The second-order valence-electron chi connectivity index (χ2n) is 10.3. The van der Waals surface area contributed by atoms with Gasteiger partial charge in [-0.15, -0.1) is 0 Å². The Morgan fingerprint density at radius 3 is 1.47 bits per heavy atom. The lowest BCUT2D eigenvalue weighted by atomic mass is 10.2. The van der Waals surface area contributed by atoms with Gasteiger partial charge in [-0.2, -0.15) is 0 Å². The fraction of sp³-hybridized carbons (Fsp3) is 0.0294. The highest BCUT2D eigenvalue weighted by molar-refractivity contribution is 6.08. The number of hydrogen-bond acceptors (Lipinski definition) is 9. The van der Waals surface area contributed by atoms with Crippen molar-refractivity contribution in [1.82, 2.24) is 24.9 Å². The largest absolute Gasteiger partial charge is 0.341 e. The average molecular weight is 660 g/mol. The smallest absolute Gasteiger partial charge is 0.327 e. The number of para-hydroxylation sites is 2. The summed E-state index contributed by atoms with van der Waals surface area (Å²) in [5, 5.41) is 10.9. The van der Waals surface area contributed by atoms with E-state index in [0.29, 0.717) is 22.9 Å². The highest BCUT2D eigenvalue weighted by atomic mass is 16.2. The molecular formula is C34H29N9O6. The molecule has 0 atom stereocenters. The van der Waals surface area contributed by atoms with Crippen molar-refractivity contribution < 1.29 is 9.59 Å². The number of carbonyl (C=O) groups excluding carboxylic acids is 2. The van der Waals surface area contributed by atoms with Crippen molar-refractivity contribution >= 4 is 46.3 Å². The molecule has 0 saturated heterocycles. The molecular weight excluding hydrogens is 630 g/mol. The summed E-state index contributed by atoms with van der Waals surface area (Å²) in [7, 11) is 0. The number of H-pyrrole nitrogens is 4. The summed E-state index contributed by atoms with van der Waals surface area (Å²) in [6, 6.07) is 29.9. The third kappa shape index (κ3) is 8.92. The van der Waals surface area contributed by atoms with Crippen LogP contribution >= 0.6 is 0 Å². The van der Waals surface area contributed by atoms with E-state index in [9.17, 15) is 28.8 Å². The van der Waals surface area contributed by atoms with E-state index in [4.69, 9.17) is 0 Å². The average Bonchev–Trinajstić information content (AvgIpc) is 3.07. The molecule has 0 unspecified atom stereocenters. The topological polar surface area (TPSA) is 227 Å². The summed E-state index contributed by atoms with van der Waals surface area (Å²) in [6.07, 6.45) is 1.51. The van der Waals surface area contributed by atoms with Crippen molar-refractivity contribution in [2.24, 2.45) is 0 Å². The Kier molecular flexibility index (Phi) is 10.4. The van der Waals surface area contributed by atoms with Crippen LogP contribution in [0.25, 0.3) is 0 Å². The van der Waals surface area contributed by atoms with Crippen molar-refractivity contribution in [3.05, 3.63) is 168 Å². The van der Waals surface area contributed by atoms with E-state index in [1.807, 2.05) is 36.2 Å². The van der Waals surface area contributed by atoms with E-state index >= 15 is 0 Å². The fourth-order valence-corrected chi connectivity index (χ4v) is 4.37. The highest BCUT2D eigenvalue weighted by Gasteiger charge is 2.20. The van der Waals surface area contributed by atoms with E-state index in [0.717, 1.165) is 5.56 Å². The maximum atomic E-state index is 12.5. The first kappa shape index (κ1) is 33.1.